The number of hydrogen-bond donors (Lipinski definition) is 0. The lowest BCUT2D eigenvalue weighted by Gasteiger charge is -2.36. The summed E-state index contributed by atoms with van der Waals surface area (Å²) in [5.74, 6) is 1.64. The normalized spacial score (nSPS) is 18.4. The van der Waals surface area contributed by atoms with Gasteiger partial charge in [0.1, 0.15) is 17.1 Å². The van der Waals surface area contributed by atoms with Gasteiger partial charge in [-0.25, -0.2) is 0 Å². The summed E-state index contributed by atoms with van der Waals surface area (Å²) in [6.45, 7) is 0.765. The van der Waals surface area contributed by atoms with E-state index in [0.717, 1.165) is 32.2 Å². The Kier molecular flexibility index (Phi) is 5.74. The van der Waals surface area contributed by atoms with Gasteiger partial charge in [-0.1, -0.05) is 6.07 Å². The fourth-order valence-electron chi connectivity index (χ4n) is 2.90. The number of hydrogen-bond acceptors (Lipinski definition) is 3. The summed E-state index contributed by atoms with van der Waals surface area (Å²) >= 11 is 5.88. The Morgan fingerprint density at radius 3 is 2.52 bits per heavy atom. The van der Waals surface area contributed by atoms with E-state index in [1.165, 1.54) is 0 Å². The number of ether oxygens (including phenoxy) is 2. The van der Waals surface area contributed by atoms with Crippen LogP contribution in [-0.2, 0) is 0 Å². The Hall–Kier alpha value is -1.42. The van der Waals surface area contributed by atoms with Crippen LogP contribution in [0.4, 0.5) is 0 Å². The van der Waals surface area contributed by atoms with E-state index in [1.54, 1.807) is 26.4 Å². The summed E-state index contributed by atoms with van der Waals surface area (Å²) in [6, 6.07) is 5.60. The van der Waals surface area contributed by atoms with Crippen molar-refractivity contribution in [3.63, 3.8) is 0 Å². The molecule has 0 N–H and O–H groups in total. The maximum Gasteiger partial charge on any atom is 0.261 e. The van der Waals surface area contributed by atoms with Gasteiger partial charge < -0.3 is 14.4 Å². The van der Waals surface area contributed by atoms with Crippen LogP contribution in [0.2, 0.25) is 0 Å². The average Bonchev–Trinajstić information content (AvgIpc) is 2.54. The van der Waals surface area contributed by atoms with Gasteiger partial charge in [0.2, 0.25) is 0 Å². The molecule has 1 fully saturated rings. The number of carbonyl (C=O) groups is 1. The van der Waals surface area contributed by atoms with Crippen LogP contribution in [0.1, 0.15) is 36.0 Å². The van der Waals surface area contributed by atoms with Crippen LogP contribution in [0.3, 0.4) is 0 Å². The molecule has 1 aromatic rings. The number of amides is 1. The predicted molar refractivity (Wildman–Crippen MR) is 83.6 cm³/mol. The van der Waals surface area contributed by atoms with Gasteiger partial charge in [0.15, 0.2) is 0 Å². The SMILES string of the molecule is COc1cccc(OC)c1C(=O)N1CCCCC1CCCl. The van der Waals surface area contributed by atoms with Crippen molar-refractivity contribution in [2.24, 2.45) is 0 Å². The van der Waals surface area contributed by atoms with Crippen LogP contribution in [0.15, 0.2) is 18.2 Å². The van der Waals surface area contributed by atoms with Gasteiger partial charge in [-0.05, 0) is 37.8 Å². The first kappa shape index (κ1) is 16.0. The molecule has 1 atom stereocenters. The Labute approximate surface area is 131 Å². The van der Waals surface area contributed by atoms with E-state index in [1.807, 2.05) is 11.0 Å². The van der Waals surface area contributed by atoms with Crippen LogP contribution in [0, 0.1) is 0 Å². The summed E-state index contributed by atoms with van der Waals surface area (Å²) in [5, 5.41) is 0. The lowest BCUT2D eigenvalue weighted by molar-refractivity contribution is 0.0602. The third-order valence-corrected chi connectivity index (χ3v) is 4.19. The Bertz CT molecular complexity index is 468. The van der Waals surface area contributed by atoms with E-state index >= 15 is 0 Å². The van der Waals surface area contributed by atoms with E-state index in [0.29, 0.717) is 22.9 Å². The first-order chi connectivity index (χ1) is 10.2. The van der Waals surface area contributed by atoms with Crippen molar-refractivity contribution in [1.82, 2.24) is 4.90 Å². The van der Waals surface area contributed by atoms with Gasteiger partial charge in [-0.15, -0.1) is 11.6 Å². The molecule has 116 valence electrons. The molecule has 1 aromatic carbocycles. The fraction of sp³-hybridized carbons (Fsp3) is 0.562. The van der Waals surface area contributed by atoms with E-state index in [9.17, 15) is 4.79 Å². The fourth-order valence-corrected chi connectivity index (χ4v) is 3.15. The maximum absolute atomic E-state index is 13.0. The zero-order chi connectivity index (χ0) is 15.2. The quantitative estimate of drug-likeness (QED) is 0.783. The molecular formula is C16H22ClNO3. The van der Waals surface area contributed by atoms with Crippen molar-refractivity contribution in [1.29, 1.82) is 0 Å². The van der Waals surface area contributed by atoms with Gasteiger partial charge in [0.05, 0.1) is 14.2 Å². The number of halogens is 1. The molecule has 1 aliphatic heterocycles. The minimum atomic E-state index is -0.0286. The van der Waals surface area contributed by atoms with E-state index in [2.05, 4.69) is 0 Å². The Morgan fingerprint density at radius 1 is 1.29 bits per heavy atom. The molecule has 1 unspecified atom stereocenters. The maximum atomic E-state index is 13.0. The predicted octanol–water partition coefficient (Wildman–Crippen LogP) is 3.33. The summed E-state index contributed by atoms with van der Waals surface area (Å²) in [6.07, 6.45) is 4.01. The summed E-state index contributed by atoms with van der Waals surface area (Å²) in [4.78, 5) is 14.9. The van der Waals surface area contributed by atoms with E-state index in [-0.39, 0.29) is 11.9 Å². The van der Waals surface area contributed by atoms with Crippen molar-refractivity contribution in [3.8, 4) is 11.5 Å². The molecule has 0 aromatic heterocycles. The molecule has 0 spiro atoms. The number of rotatable bonds is 5. The highest BCUT2D eigenvalue weighted by Crippen LogP contribution is 2.32. The molecule has 0 aliphatic carbocycles. The second-order valence-corrected chi connectivity index (χ2v) is 5.54. The van der Waals surface area contributed by atoms with Crippen LogP contribution in [-0.4, -0.2) is 43.5 Å². The minimum Gasteiger partial charge on any atom is -0.496 e. The van der Waals surface area contributed by atoms with Crippen molar-refractivity contribution in [2.75, 3.05) is 26.6 Å². The van der Waals surface area contributed by atoms with Crippen LogP contribution in [0.25, 0.3) is 0 Å². The van der Waals surface area contributed by atoms with Crippen LogP contribution < -0.4 is 9.47 Å². The number of alkyl halides is 1. The van der Waals surface area contributed by atoms with Crippen molar-refractivity contribution < 1.29 is 14.3 Å². The number of likely N-dealkylation sites (tertiary alicyclic amines) is 1. The summed E-state index contributed by atoms with van der Waals surface area (Å²) in [5.41, 5.74) is 0.504. The van der Waals surface area contributed by atoms with E-state index < -0.39 is 0 Å². The Balaban J connectivity index is 2.33. The van der Waals surface area contributed by atoms with E-state index in [4.69, 9.17) is 21.1 Å². The second kappa shape index (κ2) is 7.55. The summed E-state index contributed by atoms with van der Waals surface area (Å²) in [7, 11) is 3.13. The molecule has 0 bridgehead atoms. The number of benzene rings is 1. The molecule has 1 amide bonds. The lowest BCUT2D eigenvalue weighted by Crippen LogP contribution is -2.44. The zero-order valence-corrected chi connectivity index (χ0v) is 13.4. The number of piperidine rings is 1. The molecule has 4 nitrogen and oxygen atoms in total. The molecule has 1 saturated heterocycles. The minimum absolute atomic E-state index is 0.0286. The van der Waals surface area contributed by atoms with Gasteiger partial charge in [0, 0.05) is 18.5 Å². The van der Waals surface area contributed by atoms with Crippen molar-refractivity contribution in [2.45, 2.75) is 31.7 Å². The van der Waals surface area contributed by atoms with Crippen LogP contribution >= 0.6 is 11.6 Å². The highest BCUT2D eigenvalue weighted by atomic mass is 35.5. The molecule has 2 rings (SSSR count). The molecule has 5 heteroatoms. The van der Waals surface area contributed by atoms with Gasteiger partial charge >= 0.3 is 0 Å². The van der Waals surface area contributed by atoms with Crippen molar-refractivity contribution >= 4 is 17.5 Å². The second-order valence-electron chi connectivity index (χ2n) is 5.16. The molecule has 1 aliphatic rings. The molecule has 0 radical (unpaired) electrons. The Morgan fingerprint density at radius 2 is 1.95 bits per heavy atom. The van der Waals surface area contributed by atoms with Gasteiger partial charge in [-0.2, -0.15) is 0 Å². The van der Waals surface area contributed by atoms with Gasteiger partial charge in [-0.3, -0.25) is 4.79 Å². The third kappa shape index (κ3) is 3.43. The van der Waals surface area contributed by atoms with Gasteiger partial charge in [0.25, 0.3) is 5.91 Å². The highest BCUT2D eigenvalue weighted by molar-refractivity contribution is 6.17. The third-order valence-electron chi connectivity index (χ3n) is 3.97. The number of carbonyl (C=O) groups excluding carboxylic acids is 1. The molecule has 1 heterocycles. The molecule has 21 heavy (non-hydrogen) atoms. The largest absolute Gasteiger partial charge is 0.496 e. The average molecular weight is 312 g/mol. The van der Waals surface area contributed by atoms with Crippen LogP contribution in [0.5, 0.6) is 11.5 Å². The molecule has 0 saturated carbocycles. The first-order valence-electron chi connectivity index (χ1n) is 7.30. The lowest BCUT2D eigenvalue weighted by atomic mass is 9.98. The number of methoxy groups -OCH3 is 2. The zero-order valence-electron chi connectivity index (χ0n) is 12.6. The summed E-state index contributed by atoms with van der Waals surface area (Å²) < 4.78 is 10.7. The monoisotopic (exact) mass is 311 g/mol. The smallest absolute Gasteiger partial charge is 0.261 e. The molecular weight excluding hydrogens is 290 g/mol. The number of nitrogens with zero attached hydrogens (tertiary/aromatic N) is 1. The first-order valence-corrected chi connectivity index (χ1v) is 7.84. The van der Waals surface area contributed by atoms with Crippen molar-refractivity contribution in [3.05, 3.63) is 23.8 Å². The highest BCUT2D eigenvalue weighted by Gasteiger charge is 2.30. The standard InChI is InChI=1S/C16H22ClNO3/c1-20-13-7-5-8-14(21-2)15(13)16(19)18-11-4-3-6-12(18)9-10-17/h5,7-8,12H,3-4,6,9-11H2,1-2H3. The topological polar surface area (TPSA) is 38.8 Å².